The first-order valence-electron chi connectivity index (χ1n) is 8.05. The number of pyridine rings is 1. The first kappa shape index (κ1) is 17.4. The highest BCUT2D eigenvalue weighted by Crippen LogP contribution is 2.30. The fraction of sp³-hybridized carbons (Fsp3) is 0.333. The Balaban J connectivity index is 1.84. The average molecular weight is 380 g/mol. The second-order valence-corrected chi connectivity index (χ2v) is 5.80. The predicted octanol–water partition coefficient (Wildman–Crippen LogP) is 1.35. The van der Waals surface area contributed by atoms with Crippen molar-refractivity contribution < 1.29 is 17.9 Å². The van der Waals surface area contributed by atoms with Crippen molar-refractivity contribution in [1.29, 1.82) is 0 Å². The molecule has 3 aromatic heterocycles. The number of anilines is 2. The normalized spacial score (nSPS) is 15.3. The van der Waals surface area contributed by atoms with Crippen molar-refractivity contribution in [2.75, 3.05) is 36.6 Å². The van der Waals surface area contributed by atoms with E-state index in [4.69, 9.17) is 10.6 Å². The third kappa shape index (κ3) is 3.24. The highest BCUT2D eigenvalue weighted by atomic mass is 19.4. The number of hydrazine groups is 1. The molecule has 3 aromatic rings. The van der Waals surface area contributed by atoms with Gasteiger partial charge in [0, 0.05) is 19.3 Å². The number of alkyl halides is 3. The fourth-order valence-electron chi connectivity index (χ4n) is 2.81. The van der Waals surface area contributed by atoms with Gasteiger partial charge in [-0.25, -0.2) is 10.8 Å². The van der Waals surface area contributed by atoms with Gasteiger partial charge in [0.15, 0.2) is 17.0 Å². The second kappa shape index (κ2) is 6.63. The van der Waals surface area contributed by atoms with Crippen LogP contribution in [-0.2, 0) is 10.9 Å². The van der Waals surface area contributed by atoms with E-state index in [0.29, 0.717) is 43.4 Å². The van der Waals surface area contributed by atoms with Crippen LogP contribution in [0.2, 0.25) is 0 Å². The van der Waals surface area contributed by atoms with Crippen LogP contribution in [0.4, 0.5) is 24.9 Å². The zero-order valence-electron chi connectivity index (χ0n) is 13.9. The monoisotopic (exact) mass is 380 g/mol. The molecule has 1 fully saturated rings. The minimum Gasteiger partial charge on any atom is -0.378 e. The zero-order valence-corrected chi connectivity index (χ0v) is 13.9. The van der Waals surface area contributed by atoms with Crippen molar-refractivity contribution in [2.45, 2.75) is 6.18 Å². The lowest BCUT2D eigenvalue weighted by Crippen LogP contribution is -2.37. The van der Waals surface area contributed by atoms with Crippen LogP contribution in [0, 0.1) is 0 Å². The number of nitrogen functional groups attached to an aromatic ring is 1. The molecule has 0 aliphatic carbocycles. The first-order valence-corrected chi connectivity index (χ1v) is 8.05. The van der Waals surface area contributed by atoms with Gasteiger partial charge in [0.2, 0.25) is 5.95 Å². The van der Waals surface area contributed by atoms with Crippen molar-refractivity contribution in [3.05, 3.63) is 30.4 Å². The van der Waals surface area contributed by atoms with Gasteiger partial charge in [-0.15, -0.1) is 0 Å². The van der Waals surface area contributed by atoms with E-state index < -0.39 is 11.9 Å². The quantitative estimate of drug-likeness (QED) is 0.518. The molecule has 1 aliphatic heterocycles. The van der Waals surface area contributed by atoms with Gasteiger partial charge in [0.1, 0.15) is 12.0 Å². The number of fused-ring (bicyclic) bond motifs is 1. The standard InChI is InChI=1S/C15H15F3N8O/c16-15(17,18)10-7-9(1-2-20-10)26-8-21-11-12(24-19)22-14(23-13(11)26)25-3-5-27-6-4-25/h1-2,7-8H,3-6,19H2,(H,22,23,24). The average Bonchev–Trinajstić information content (AvgIpc) is 3.11. The first-order chi connectivity index (χ1) is 13.0. The summed E-state index contributed by atoms with van der Waals surface area (Å²) in [6.07, 6.45) is -2.08. The molecule has 9 nitrogen and oxygen atoms in total. The summed E-state index contributed by atoms with van der Waals surface area (Å²) in [5.41, 5.74) is 2.38. The molecule has 0 atom stereocenters. The lowest BCUT2D eigenvalue weighted by Gasteiger charge is -2.27. The van der Waals surface area contributed by atoms with Crippen LogP contribution in [0.5, 0.6) is 0 Å². The van der Waals surface area contributed by atoms with Crippen LogP contribution in [-0.4, -0.2) is 50.8 Å². The Morgan fingerprint density at radius 3 is 2.63 bits per heavy atom. The molecule has 0 saturated carbocycles. The van der Waals surface area contributed by atoms with Crippen molar-refractivity contribution in [3.63, 3.8) is 0 Å². The van der Waals surface area contributed by atoms with Crippen LogP contribution in [0.15, 0.2) is 24.7 Å². The Morgan fingerprint density at radius 1 is 1.15 bits per heavy atom. The molecule has 0 spiro atoms. The second-order valence-electron chi connectivity index (χ2n) is 5.80. The van der Waals surface area contributed by atoms with E-state index in [-0.39, 0.29) is 11.5 Å². The van der Waals surface area contributed by atoms with Gasteiger partial charge in [-0.05, 0) is 12.1 Å². The number of rotatable bonds is 3. The van der Waals surface area contributed by atoms with Gasteiger partial charge >= 0.3 is 6.18 Å². The van der Waals surface area contributed by atoms with Crippen molar-refractivity contribution in [3.8, 4) is 5.69 Å². The van der Waals surface area contributed by atoms with E-state index in [1.54, 1.807) is 0 Å². The smallest absolute Gasteiger partial charge is 0.378 e. The minimum atomic E-state index is -4.55. The molecule has 0 radical (unpaired) electrons. The van der Waals surface area contributed by atoms with Crippen molar-refractivity contribution >= 4 is 22.9 Å². The number of hydrogen-bond acceptors (Lipinski definition) is 8. The van der Waals surface area contributed by atoms with Crippen LogP contribution in [0.3, 0.4) is 0 Å². The minimum absolute atomic E-state index is 0.231. The highest BCUT2D eigenvalue weighted by molar-refractivity contribution is 5.85. The largest absolute Gasteiger partial charge is 0.433 e. The number of imidazole rings is 1. The topological polar surface area (TPSA) is 107 Å². The van der Waals surface area contributed by atoms with Crippen LogP contribution < -0.4 is 16.2 Å². The third-order valence-corrected chi connectivity index (χ3v) is 4.13. The lowest BCUT2D eigenvalue weighted by atomic mass is 10.3. The summed E-state index contributed by atoms with van der Waals surface area (Å²) in [7, 11) is 0. The molecule has 1 saturated heterocycles. The predicted molar refractivity (Wildman–Crippen MR) is 90.3 cm³/mol. The molecular weight excluding hydrogens is 365 g/mol. The Kier molecular flexibility index (Phi) is 4.28. The number of halogens is 3. The summed E-state index contributed by atoms with van der Waals surface area (Å²) in [5, 5.41) is 0. The Bertz CT molecular complexity index is 967. The van der Waals surface area contributed by atoms with Crippen LogP contribution >= 0.6 is 0 Å². The van der Waals surface area contributed by atoms with E-state index in [2.05, 4.69) is 25.4 Å². The Morgan fingerprint density at radius 2 is 1.93 bits per heavy atom. The van der Waals surface area contributed by atoms with E-state index in [1.807, 2.05) is 4.90 Å². The number of hydrogen-bond donors (Lipinski definition) is 2. The van der Waals surface area contributed by atoms with Gasteiger partial charge in [0.25, 0.3) is 0 Å². The molecule has 0 unspecified atom stereocenters. The number of morpholine rings is 1. The SMILES string of the molecule is NNc1nc(N2CCOCC2)nc2c1ncn2-c1ccnc(C(F)(F)F)c1. The van der Waals surface area contributed by atoms with Crippen molar-refractivity contribution in [2.24, 2.45) is 5.84 Å². The molecule has 0 amide bonds. The summed E-state index contributed by atoms with van der Waals surface area (Å²) in [6.45, 7) is 2.25. The number of nitrogens with two attached hydrogens (primary N) is 1. The highest BCUT2D eigenvalue weighted by Gasteiger charge is 2.32. The number of nitrogens with one attached hydrogen (secondary N) is 1. The maximum Gasteiger partial charge on any atom is 0.433 e. The third-order valence-electron chi connectivity index (χ3n) is 4.13. The van der Waals surface area contributed by atoms with Gasteiger partial charge in [-0.3, -0.25) is 9.55 Å². The van der Waals surface area contributed by atoms with Gasteiger partial charge < -0.3 is 15.1 Å². The van der Waals surface area contributed by atoms with Gasteiger partial charge in [0.05, 0.1) is 18.9 Å². The Hall–Kier alpha value is -2.99. The summed E-state index contributed by atoms with van der Waals surface area (Å²) in [6, 6.07) is 2.38. The van der Waals surface area contributed by atoms with E-state index >= 15 is 0 Å². The maximum absolute atomic E-state index is 13.0. The molecule has 27 heavy (non-hydrogen) atoms. The van der Waals surface area contributed by atoms with Crippen molar-refractivity contribution in [1.82, 2.24) is 24.5 Å². The molecule has 3 N–H and O–H groups in total. The zero-order chi connectivity index (χ0) is 19.0. The summed E-state index contributed by atoms with van der Waals surface area (Å²) in [5.74, 6) is 6.23. The molecule has 0 bridgehead atoms. The van der Waals surface area contributed by atoms with E-state index in [1.165, 1.54) is 17.0 Å². The molecular formula is C15H15F3N8O. The molecule has 1 aliphatic rings. The van der Waals surface area contributed by atoms with Gasteiger partial charge in [-0.1, -0.05) is 0 Å². The van der Waals surface area contributed by atoms with Crippen LogP contribution in [0.1, 0.15) is 5.69 Å². The summed E-state index contributed by atoms with van der Waals surface area (Å²) >= 11 is 0. The fourth-order valence-corrected chi connectivity index (χ4v) is 2.81. The Labute approximate surface area is 151 Å². The lowest BCUT2D eigenvalue weighted by molar-refractivity contribution is -0.141. The van der Waals surface area contributed by atoms with Gasteiger partial charge in [-0.2, -0.15) is 23.1 Å². The number of ether oxygens (including phenoxy) is 1. The van der Waals surface area contributed by atoms with E-state index in [0.717, 1.165) is 12.3 Å². The molecule has 142 valence electrons. The number of nitrogens with zero attached hydrogens (tertiary/aromatic N) is 6. The van der Waals surface area contributed by atoms with Crippen LogP contribution in [0.25, 0.3) is 16.9 Å². The maximum atomic E-state index is 13.0. The molecule has 0 aromatic carbocycles. The summed E-state index contributed by atoms with van der Waals surface area (Å²) in [4.78, 5) is 18.3. The molecule has 12 heteroatoms. The number of aromatic nitrogens is 5. The molecule has 4 rings (SSSR count). The molecule has 4 heterocycles. The summed E-state index contributed by atoms with van der Waals surface area (Å²) < 4.78 is 45.7. The van der Waals surface area contributed by atoms with E-state index in [9.17, 15) is 13.2 Å².